The van der Waals surface area contributed by atoms with Gasteiger partial charge in [-0.1, -0.05) is 19.1 Å². The van der Waals surface area contributed by atoms with Gasteiger partial charge in [-0.25, -0.2) is 4.79 Å². The number of hydrogen-bond acceptors (Lipinski definition) is 6. The number of ether oxygens (including phenoxy) is 2. The summed E-state index contributed by atoms with van der Waals surface area (Å²) in [7, 11) is 1.36. The molecule has 0 radical (unpaired) electrons. The topological polar surface area (TPSA) is 93.1 Å². The monoisotopic (exact) mass is 446 g/mol. The molecule has 0 aromatic carbocycles. The molecule has 0 aromatic heterocycles. The second-order valence-corrected chi connectivity index (χ2v) is 11.4. The van der Waals surface area contributed by atoms with Crippen LogP contribution in [0.15, 0.2) is 23.8 Å². The van der Waals surface area contributed by atoms with Crippen molar-refractivity contribution >= 4 is 11.9 Å². The summed E-state index contributed by atoms with van der Waals surface area (Å²) in [6, 6.07) is 0. The Balaban J connectivity index is 1.80. The summed E-state index contributed by atoms with van der Waals surface area (Å²) >= 11 is 0. The summed E-state index contributed by atoms with van der Waals surface area (Å²) in [4.78, 5) is 25.6. The van der Waals surface area contributed by atoms with Crippen molar-refractivity contribution in [3.8, 4) is 0 Å². The Morgan fingerprint density at radius 2 is 1.81 bits per heavy atom. The van der Waals surface area contributed by atoms with Gasteiger partial charge in [0.25, 0.3) is 0 Å². The van der Waals surface area contributed by atoms with Gasteiger partial charge in [-0.05, 0) is 83.1 Å². The molecule has 1 spiro atoms. The Hall–Kier alpha value is -1.66. The van der Waals surface area contributed by atoms with Gasteiger partial charge in [0.05, 0.1) is 24.2 Å². The van der Waals surface area contributed by atoms with Gasteiger partial charge in [0.2, 0.25) is 0 Å². The largest absolute Gasteiger partial charge is 0.469 e. The number of allylic oxidation sites excluding steroid dienone is 1. The molecule has 4 fully saturated rings. The molecule has 0 amide bonds. The molecular weight excluding hydrogens is 408 g/mol. The lowest BCUT2D eigenvalue weighted by Gasteiger charge is -2.68. The van der Waals surface area contributed by atoms with Gasteiger partial charge in [0, 0.05) is 16.9 Å². The molecule has 2 N–H and O–H groups in total. The Morgan fingerprint density at radius 3 is 2.44 bits per heavy atom. The molecule has 178 valence electrons. The molecule has 4 saturated carbocycles. The molecule has 2 bridgehead atoms. The van der Waals surface area contributed by atoms with Gasteiger partial charge in [0.1, 0.15) is 6.10 Å². The average Bonchev–Trinajstić information content (AvgIpc) is 2.95. The summed E-state index contributed by atoms with van der Waals surface area (Å²) in [5, 5.41) is 23.5. The maximum absolute atomic E-state index is 12.9. The quantitative estimate of drug-likeness (QED) is 0.390. The summed E-state index contributed by atoms with van der Waals surface area (Å²) in [6.07, 6.45) is 4.53. The van der Waals surface area contributed by atoms with E-state index in [0.29, 0.717) is 32.1 Å². The number of hydrogen-bond donors (Lipinski definition) is 2. The third kappa shape index (κ3) is 2.78. The highest BCUT2D eigenvalue weighted by Crippen LogP contribution is 2.74. The highest BCUT2D eigenvalue weighted by atomic mass is 16.5. The van der Waals surface area contributed by atoms with Crippen LogP contribution in [0.25, 0.3) is 0 Å². The first-order valence-corrected chi connectivity index (χ1v) is 11.9. The smallest absolute Gasteiger partial charge is 0.331 e. The van der Waals surface area contributed by atoms with Gasteiger partial charge in [-0.2, -0.15) is 0 Å². The minimum Gasteiger partial charge on any atom is -0.469 e. The van der Waals surface area contributed by atoms with Crippen LogP contribution in [0.1, 0.15) is 72.6 Å². The fraction of sp³-hybridized carbons (Fsp3) is 0.769. The van der Waals surface area contributed by atoms with Crippen molar-refractivity contribution in [2.75, 3.05) is 7.11 Å². The molecular formula is C26H38O6. The molecule has 4 rings (SSSR count). The van der Waals surface area contributed by atoms with Crippen LogP contribution in [0.5, 0.6) is 0 Å². The minimum absolute atomic E-state index is 0.223. The van der Waals surface area contributed by atoms with Crippen molar-refractivity contribution in [3.63, 3.8) is 0 Å². The first kappa shape index (κ1) is 23.5. The Labute approximate surface area is 191 Å². The highest BCUT2D eigenvalue weighted by molar-refractivity contribution is 5.83. The average molecular weight is 447 g/mol. The van der Waals surface area contributed by atoms with Crippen LogP contribution in [0.2, 0.25) is 0 Å². The Morgan fingerprint density at radius 1 is 1.12 bits per heavy atom. The summed E-state index contributed by atoms with van der Waals surface area (Å²) < 4.78 is 11.2. The normalized spacial score (nSPS) is 47.2. The van der Waals surface area contributed by atoms with Crippen LogP contribution in [-0.2, 0) is 19.1 Å². The highest BCUT2D eigenvalue weighted by Gasteiger charge is 2.76. The van der Waals surface area contributed by atoms with Gasteiger partial charge >= 0.3 is 11.9 Å². The van der Waals surface area contributed by atoms with Crippen LogP contribution < -0.4 is 0 Å². The zero-order valence-electron chi connectivity index (χ0n) is 20.1. The lowest BCUT2D eigenvalue weighted by molar-refractivity contribution is -0.289. The molecule has 0 saturated heterocycles. The first-order chi connectivity index (χ1) is 14.9. The predicted octanol–water partition coefficient (Wildman–Crippen LogP) is 3.70. The molecule has 4 aliphatic carbocycles. The number of aliphatic hydroxyl groups excluding tert-OH is 1. The van der Waals surface area contributed by atoms with Gasteiger partial charge < -0.3 is 19.7 Å². The van der Waals surface area contributed by atoms with E-state index in [1.54, 1.807) is 6.92 Å². The van der Waals surface area contributed by atoms with Crippen LogP contribution in [0.3, 0.4) is 0 Å². The summed E-state index contributed by atoms with van der Waals surface area (Å²) in [6.45, 7) is 11.9. The van der Waals surface area contributed by atoms with Crippen molar-refractivity contribution in [2.45, 2.75) is 90.4 Å². The Bertz CT molecular complexity index is 874. The van der Waals surface area contributed by atoms with Gasteiger partial charge in [0.15, 0.2) is 0 Å². The molecule has 0 aliphatic heterocycles. The van der Waals surface area contributed by atoms with Crippen LogP contribution in [0.4, 0.5) is 0 Å². The van der Waals surface area contributed by atoms with Crippen molar-refractivity contribution in [3.05, 3.63) is 23.8 Å². The minimum atomic E-state index is -1.13. The summed E-state index contributed by atoms with van der Waals surface area (Å²) in [5.74, 6) is -0.829. The number of carbonyl (C=O) groups excluding carboxylic acids is 2. The van der Waals surface area contributed by atoms with Gasteiger partial charge in [-0.3, -0.25) is 4.79 Å². The molecule has 32 heavy (non-hydrogen) atoms. The zero-order chi connectivity index (χ0) is 23.7. The van der Waals surface area contributed by atoms with E-state index in [9.17, 15) is 19.8 Å². The molecule has 8 atom stereocenters. The van der Waals surface area contributed by atoms with E-state index in [1.807, 2.05) is 13.8 Å². The third-order valence-corrected chi connectivity index (χ3v) is 9.86. The van der Waals surface area contributed by atoms with Crippen molar-refractivity contribution in [1.82, 2.24) is 0 Å². The molecule has 4 aliphatic rings. The number of rotatable bonds is 3. The number of aliphatic hydroxyl groups is 2. The van der Waals surface area contributed by atoms with E-state index >= 15 is 0 Å². The predicted molar refractivity (Wildman–Crippen MR) is 119 cm³/mol. The SMILES string of the molecule is C=C1C2CCC3(O)C4(C)CCC(O)C(C)(C(=O)OC)C4CCC3(C2)C1OC(=O)C=C(C)C. The van der Waals surface area contributed by atoms with Crippen molar-refractivity contribution in [1.29, 1.82) is 0 Å². The maximum atomic E-state index is 12.9. The molecule has 6 nitrogen and oxygen atoms in total. The zero-order valence-corrected chi connectivity index (χ0v) is 20.1. The number of methoxy groups -OCH3 is 1. The van der Waals surface area contributed by atoms with Crippen molar-refractivity contribution < 1.29 is 29.3 Å². The second kappa shape index (κ2) is 7.42. The lowest BCUT2D eigenvalue weighted by atomic mass is 9.38. The first-order valence-electron chi connectivity index (χ1n) is 11.9. The van der Waals surface area contributed by atoms with Crippen LogP contribution in [0, 0.1) is 28.1 Å². The molecule has 6 heteroatoms. The van der Waals surface area contributed by atoms with Crippen LogP contribution in [-0.4, -0.2) is 47.1 Å². The standard InChI is InChI=1S/C26H38O6/c1-15(2)13-20(28)32-21-16(3)17-7-12-26(30)23(4)10-9-19(27)24(5,22(29)31-6)18(23)8-11-25(21,26)14-17/h13,17-19,21,27,30H,3,7-12,14H2,1-2,4-6H3. The van der Waals surface area contributed by atoms with Gasteiger partial charge in [-0.15, -0.1) is 0 Å². The maximum Gasteiger partial charge on any atom is 0.331 e. The third-order valence-electron chi connectivity index (χ3n) is 9.86. The lowest BCUT2D eigenvalue weighted by Crippen LogP contribution is -2.72. The number of esters is 2. The Kier molecular flexibility index (Phi) is 5.45. The summed E-state index contributed by atoms with van der Waals surface area (Å²) in [5.41, 5.74) is -1.69. The molecule has 8 unspecified atom stereocenters. The van der Waals surface area contributed by atoms with Crippen molar-refractivity contribution in [2.24, 2.45) is 28.1 Å². The number of fused-ring (bicyclic) bond motifs is 3. The van der Waals surface area contributed by atoms with E-state index in [-0.39, 0.29) is 11.8 Å². The van der Waals surface area contributed by atoms with Crippen LogP contribution >= 0.6 is 0 Å². The fourth-order valence-corrected chi connectivity index (χ4v) is 8.24. The fourth-order valence-electron chi connectivity index (χ4n) is 8.24. The van der Waals surface area contributed by atoms with E-state index in [4.69, 9.17) is 9.47 Å². The van der Waals surface area contributed by atoms with E-state index in [2.05, 4.69) is 13.5 Å². The molecule has 0 aromatic rings. The second-order valence-electron chi connectivity index (χ2n) is 11.4. The van der Waals surface area contributed by atoms with E-state index in [1.165, 1.54) is 13.2 Å². The molecule has 0 heterocycles. The number of carbonyl (C=O) groups is 2. The van der Waals surface area contributed by atoms with E-state index < -0.39 is 46.0 Å². The van der Waals surface area contributed by atoms with E-state index in [0.717, 1.165) is 24.0 Å².